The average Bonchev–Trinajstić information content (AvgIpc) is 3.21. The molecule has 5 rings (SSSR count). The van der Waals surface area contributed by atoms with Crippen molar-refractivity contribution < 1.29 is 24.2 Å². The highest BCUT2D eigenvalue weighted by molar-refractivity contribution is 7.20. The lowest BCUT2D eigenvalue weighted by atomic mass is 9.88. The van der Waals surface area contributed by atoms with Gasteiger partial charge in [-0.15, -0.1) is 11.3 Å². The van der Waals surface area contributed by atoms with E-state index in [0.717, 1.165) is 56.7 Å². The minimum Gasteiger partial charge on any atom is -0.493 e. The molecule has 3 heterocycles. The summed E-state index contributed by atoms with van der Waals surface area (Å²) in [6.07, 6.45) is 1.72. The maximum Gasteiger partial charge on any atom is 0.365 e. The van der Waals surface area contributed by atoms with Gasteiger partial charge in [0, 0.05) is 34.7 Å². The minimum atomic E-state index is -1.09. The Bertz CT molecular complexity index is 1510. The Labute approximate surface area is 206 Å². The number of carboxylic acid groups (broad SMARTS) is 1. The average molecular weight is 491 g/mol. The van der Waals surface area contributed by atoms with Gasteiger partial charge in [-0.3, -0.25) is 9.78 Å². The Morgan fingerprint density at radius 2 is 2.00 bits per heavy atom. The van der Waals surface area contributed by atoms with Crippen molar-refractivity contribution in [3.05, 3.63) is 52.2 Å². The number of ketones is 1. The zero-order chi connectivity index (χ0) is 25.1. The zero-order valence-electron chi connectivity index (χ0n) is 20.3. The van der Waals surface area contributed by atoms with Crippen LogP contribution in [0.5, 0.6) is 5.75 Å². The number of aromatic carboxylic acids is 1. The molecule has 0 aliphatic carbocycles. The number of carbonyl (C=O) groups excluding carboxylic acids is 1. The SMILES string of the molecule is CC(=O)[C@@H](OC(C)(C)C)c1c(C)cc2nc(C(=O)O)sc2c1-c1ccc2c3c(ccnc13)CCO2. The van der Waals surface area contributed by atoms with Gasteiger partial charge in [-0.25, -0.2) is 9.78 Å². The van der Waals surface area contributed by atoms with Gasteiger partial charge in [-0.2, -0.15) is 0 Å². The predicted octanol–water partition coefficient (Wildman–Crippen LogP) is 5.90. The third-order valence-corrected chi connectivity index (χ3v) is 7.13. The summed E-state index contributed by atoms with van der Waals surface area (Å²) in [5.74, 6) is -0.451. The summed E-state index contributed by atoms with van der Waals surface area (Å²) in [6.45, 7) is 9.76. The molecule has 1 N–H and O–H groups in total. The van der Waals surface area contributed by atoms with E-state index in [2.05, 4.69) is 4.98 Å². The Hall–Kier alpha value is -3.36. The van der Waals surface area contributed by atoms with Crippen molar-refractivity contribution in [2.24, 2.45) is 0 Å². The van der Waals surface area contributed by atoms with Gasteiger partial charge in [0.2, 0.25) is 5.01 Å². The first-order chi connectivity index (χ1) is 16.5. The van der Waals surface area contributed by atoms with E-state index in [1.54, 1.807) is 6.20 Å². The molecule has 0 radical (unpaired) electrons. The van der Waals surface area contributed by atoms with Crippen LogP contribution in [0.4, 0.5) is 0 Å². The molecule has 1 aliphatic heterocycles. The molecule has 0 saturated heterocycles. The number of thiazole rings is 1. The van der Waals surface area contributed by atoms with Gasteiger partial charge in [-0.05, 0) is 70.0 Å². The third-order valence-electron chi connectivity index (χ3n) is 6.05. The number of aryl methyl sites for hydroxylation is 1. The number of aromatic nitrogens is 2. The van der Waals surface area contributed by atoms with E-state index >= 15 is 0 Å². The van der Waals surface area contributed by atoms with E-state index in [0.29, 0.717) is 22.4 Å². The van der Waals surface area contributed by atoms with Gasteiger partial charge in [-0.1, -0.05) is 0 Å². The predicted molar refractivity (Wildman–Crippen MR) is 136 cm³/mol. The molecule has 0 fully saturated rings. The quantitative estimate of drug-likeness (QED) is 0.372. The summed E-state index contributed by atoms with van der Waals surface area (Å²) in [6, 6.07) is 7.69. The fourth-order valence-corrected chi connectivity index (χ4v) is 5.67. The number of hydrogen-bond acceptors (Lipinski definition) is 7. The lowest BCUT2D eigenvalue weighted by Gasteiger charge is -2.29. The Morgan fingerprint density at radius 1 is 1.23 bits per heavy atom. The fourth-order valence-electron chi connectivity index (χ4n) is 4.71. The van der Waals surface area contributed by atoms with E-state index in [9.17, 15) is 14.7 Å². The number of ether oxygens (including phenoxy) is 2. The van der Waals surface area contributed by atoms with E-state index in [1.165, 1.54) is 6.92 Å². The standard InChI is InChI=1S/C27H26N2O5S/c1-13-12-17-24(35-25(29-17)26(31)32)21(19(13)23(14(2)30)34-27(3,4)5)16-6-7-18-20-15(9-11-33-18)8-10-28-22(16)20/h6-8,10,12,23H,9,11H2,1-5H3,(H,31,32)/t23-/m1/s1. The lowest BCUT2D eigenvalue weighted by Crippen LogP contribution is -2.27. The van der Waals surface area contributed by atoms with Crippen molar-refractivity contribution >= 4 is 44.2 Å². The zero-order valence-corrected chi connectivity index (χ0v) is 21.1. The number of nitrogens with zero attached hydrogens (tertiary/aromatic N) is 2. The molecule has 7 nitrogen and oxygen atoms in total. The van der Waals surface area contributed by atoms with Crippen LogP contribution in [0.25, 0.3) is 32.2 Å². The Kier molecular flexibility index (Phi) is 5.61. The van der Waals surface area contributed by atoms with Crippen molar-refractivity contribution in [1.82, 2.24) is 9.97 Å². The summed E-state index contributed by atoms with van der Waals surface area (Å²) in [4.78, 5) is 33.9. The lowest BCUT2D eigenvalue weighted by molar-refractivity contribution is -0.138. The minimum absolute atomic E-state index is 0.00654. The highest BCUT2D eigenvalue weighted by Gasteiger charge is 2.32. The summed E-state index contributed by atoms with van der Waals surface area (Å²) in [5.41, 5.74) is 4.92. The highest BCUT2D eigenvalue weighted by Crippen LogP contribution is 2.46. The van der Waals surface area contributed by atoms with Crippen molar-refractivity contribution in [3.8, 4) is 16.9 Å². The maximum atomic E-state index is 13.0. The monoisotopic (exact) mass is 490 g/mol. The van der Waals surface area contributed by atoms with Crippen LogP contribution in [0.1, 0.15) is 60.3 Å². The van der Waals surface area contributed by atoms with E-state index in [-0.39, 0.29) is 10.8 Å². The molecule has 0 spiro atoms. The first-order valence-corrected chi connectivity index (χ1v) is 12.3. The van der Waals surface area contributed by atoms with E-state index < -0.39 is 17.7 Å². The van der Waals surface area contributed by atoms with Crippen LogP contribution < -0.4 is 4.74 Å². The first-order valence-electron chi connectivity index (χ1n) is 11.4. The van der Waals surface area contributed by atoms with Crippen molar-refractivity contribution in [2.75, 3.05) is 6.61 Å². The molecular weight excluding hydrogens is 464 g/mol. The topological polar surface area (TPSA) is 98.6 Å². The fraction of sp³-hybridized carbons (Fsp3) is 0.333. The van der Waals surface area contributed by atoms with Crippen LogP contribution >= 0.6 is 11.3 Å². The molecule has 2 aromatic heterocycles. The van der Waals surface area contributed by atoms with Gasteiger partial charge >= 0.3 is 5.97 Å². The molecule has 1 atom stereocenters. The maximum absolute atomic E-state index is 13.0. The van der Waals surface area contributed by atoms with Crippen LogP contribution in [0, 0.1) is 6.92 Å². The number of carbonyl (C=O) groups is 2. The van der Waals surface area contributed by atoms with Crippen LogP contribution in [0.3, 0.4) is 0 Å². The van der Waals surface area contributed by atoms with E-state index in [1.807, 2.05) is 52.0 Å². The van der Waals surface area contributed by atoms with Gasteiger partial charge in [0.05, 0.1) is 27.9 Å². The van der Waals surface area contributed by atoms with Crippen LogP contribution in [0.15, 0.2) is 30.5 Å². The van der Waals surface area contributed by atoms with Gasteiger partial charge < -0.3 is 14.6 Å². The van der Waals surface area contributed by atoms with E-state index in [4.69, 9.17) is 14.5 Å². The van der Waals surface area contributed by atoms with Crippen LogP contribution in [-0.4, -0.2) is 39.0 Å². The molecule has 0 amide bonds. The number of pyridine rings is 1. The number of benzene rings is 2. The molecular formula is C27H26N2O5S. The smallest absolute Gasteiger partial charge is 0.365 e. The number of Topliss-reactive ketones (excluding diaryl/α,β-unsaturated/α-hetero) is 1. The van der Waals surface area contributed by atoms with Crippen LogP contribution in [-0.2, 0) is 16.0 Å². The molecule has 0 unspecified atom stereocenters. The number of hydrogen-bond donors (Lipinski definition) is 1. The molecule has 8 heteroatoms. The molecule has 4 aromatic rings. The molecule has 35 heavy (non-hydrogen) atoms. The highest BCUT2D eigenvalue weighted by atomic mass is 32.1. The molecule has 0 bridgehead atoms. The summed E-state index contributed by atoms with van der Waals surface area (Å²) < 4.78 is 12.9. The summed E-state index contributed by atoms with van der Waals surface area (Å²) in [7, 11) is 0. The third kappa shape index (κ3) is 4.06. The van der Waals surface area contributed by atoms with Crippen molar-refractivity contribution in [2.45, 2.75) is 52.7 Å². The second-order valence-electron chi connectivity index (χ2n) is 9.78. The number of fused-ring (bicyclic) bond motifs is 1. The number of rotatable bonds is 5. The Balaban J connectivity index is 1.92. The number of carboxylic acids is 1. The van der Waals surface area contributed by atoms with Gasteiger partial charge in [0.1, 0.15) is 11.9 Å². The summed E-state index contributed by atoms with van der Waals surface area (Å²) >= 11 is 1.10. The molecule has 2 aromatic carbocycles. The first kappa shape index (κ1) is 23.4. The largest absolute Gasteiger partial charge is 0.493 e. The molecule has 180 valence electrons. The van der Waals surface area contributed by atoms with Gasteiger partial charge in [0.15, 0.2) is 5.78 Å². The normalized spacial score (nSPS) is 14.2. The van der Waals surface area contributed by atoms with Crippen molar-refractivity contribution in [1.29, 1.82) is 0 Å². The summed E-state index contributed by atoms with van der Waals surface area (Å²) in [5, 5.41) is 10.6. The molecule has 1 aliphatic rings. The molecule has 0 saturated carbocycles. The van der Waals surface area contributed by atoms with Gasteiger partial charge in [0.25, 0.3) is 0 Å². The van der Waals surface area contributed by atoms with Crippen LogP contribution in [0.2, 0.25) is 0 Å². The Morgan fingerprint density at radius 3 is 2.69 bits per heavy atom. The second kappa shape index (κ2) is 8.39. The second-order valence-corrected chi connectivity index (χ2v) is 10.8. The van der Waals surface area contributed by atoms with Crippen molar-refractivity contribution in [3.63, 3.8) is 0 Å².